The van der Waals surface area contributed by atoms with Gasteiger partial charge in [-0.3, -0.25) is 10.0 Å². The van der Waals surface area contributed by atoms with Gasteiger partial charge in [-0.1, -0.05) is 68.4 Å². The normalized spacial score (nSPS) is 14.4. The third kappa shape index (κ3) is 6.49. The molecule has 0 unspecified atom stereocenters. The first-order chi connectivity index (χ1) is 13.0. The molecule has 4 heteroatoms. The Labute approximate surface area is 162 Å². The van der Waals surface area contributed by atoms with Crippen LogP contribution in [0.5, 0.6) is 0 Å². The van der Waals surface area contributed by atoms with Crippen molar-refractivity contribution in [2.75, 3.05) is 0 Å². The summed E-state index contributed by atoms with van der Waals surface area (Å²) in [5.74, 6) is 0.598. The highest BCUT2D eigenvalue weighted by Gasteiger charge is 2.20. The van der Waals surface area contributed by atoms with Gasteiger partial charge in [0.25, 0.3) is 0 Å². The van der Waals surface area contributed by atoms with Gasteiger partial charge < -0.3 is 5.73 Å². The first kappa shape index (κ1) is 21.1. The van der Waals surface area contributed by atoms with Crippen LogP contribution in [0.1, 0.15) is 57.4 Å². The number of carbonyl (C=O) groups excluding carboxylic acids is 1. The maximum absolute atomic E-state index is 11.1. The molecule has 0 radical (unpaired) electrons. The van der Waals surface area contributed by atoms with Crippen LogP contribution >= 0.6 is 0 Å². The molecule has 0 bridgehead atoms. The number of carbonyl (C=O) groups is 1. The smallest absolute Gasteiger partial charge is 0.243 e. The molecule has 2 aromatic carbocycles. The zero-order chi connectivity index (χ0) is 19.6. The van der Waals surface area contributed by atoms with E-state index in [-0.39, 0.29) is 11.9 Å². The largest absolute Gasteiger partial charge is 0.328 e. The predicted molar refractivity (Wildman–Crippen MR) is 110 cm³/mol. The van der Waals surface area contributed by atoms with Gasteiger partial charge in [-0.2, -0.15) is 0 Å². The van der Waals surface area contributed by atoms with Crippen molar-refractivity contribution in [3.63, 3.8) is 0 Å². The summed E-state index contributed by atoms with van der Waals surface area (Å²) < 4.78 is 0. The van der Waals surface area contributed by atoms with Crippen molar-refractivity contribution >= 4 is 5.91 Å². The Morgan fingerprint density at radius 1 is 1.07 bits per heavy atom. The van der Waals surface area contributed by atoms with Gasteiger partial charge in [-0.15, -0.1) is 0 Å². The SMILES string of the molecule is CC[C@H](c1ccc(-c2ccccc2)cc1)[C@@H](C)C[C@@H](N)CCCC(=O)NO. The van der Waals surface area contributed by atoms with Crippen LogP contribution in [0, 0.1) is 5.92 Å². The maximum Gasteiger partial charge on any atom is 0.243 e. The molecule has 0 aliphatic heterocycles. The van der Waals surface area contributed by atoms with E-state index in [0.29, 0.717) is 24.7 Å². The van der Waals surface area contributed by atoms with Crippen molar-refractivity contribution in [3.8, 4) is 11.1 Å². The minimum absolute atomic E-state index is 0.0733. The van der Waals surface area contributed by atoms with Crippen molar-refractivity contribution in [2.24, 2.45) is 11.7 Å². The van der Waals surface area contributed by atoms with E-state index >= 15 is 0 Å². The van der Waals surface area contributed by atoms with Gasteiger partial charge in [0.2, 0.25) is 5.91 Å². The predicted octanol–water partition coefficient (Wildman–Crippen LogP) is 4.88. The molecule has 0 saturated heterocycles. The summed E-state index contributed by atoms with van der Waals surface area (Å²) in [5.41, 5.74) is 11.8. The number of amides is 1. The zero-order valence-electron chi connectivity index (χ0n) is 16.4. The second-order valence-electron chi connectivity index (χ2n) is 7.40. The van der Waals surface area contributed by atoms with E-state index in [1.807, 2.05) is 6.07 Å². The summed E-state index contributed by atoms with van der Waals surface area (Å²) in [6, 6.07) is 19.4. The standard InChI is InChI=1S/C23H32N2O2/c1-3-22(17(2)16-21(24)10-7-11-23(26)25-27)20-14-12-19(13-15-20)18-8-5-4-6-9-18/h4-6,8-9,12-15,17,21-22,27H,3,7,10-11,16,24H2,1-2H3,(H,25,26)/t17-,21-,22-/m0/s1. The van der Waals surface area contributed by atoms with Crippen molar-refractivity contribution in [1.29, 1.82) is 0 Å². The number of hydrogen-bond donors (Lipinski definition) is 3. The van der Waals surface area contributed by atoms with Gasteiger partial charge in [0.1, 0.15) is 0 Å². The van der Waals surface area contributed by atoms with Gasteiger partial charge in [0, 0.05) is 12.5 Å². The molecule has 0 aliphatic carbocycles. The van der Waals surface area contributed by atoms with Crippen LogP contribution in [-0.2, 0) is 4.79 Å². The van der Waals surface area contributed by atoms with Gasteiger partial charge in [0.15, 0.2) is 0 Å². The lowest BCUT2D eigenvalue weighted by molar-refractivity contribution is -0.129. The Morgan fingerprint density at radius 2 is 1.70 bits per heavy atom. The number of nitrogens with one attached hydrogen (secondary N) is 1. The molecule has 2 aromatic rings. The minimum Gasteiger partial charge on any atom is -0.328 e. The lowest BCUT2D eigenvalue weighted by atomic mass is 9.81. The molecule has 4 N–H and O–H groups in total. The number of rotatable bonds is 10. The van der Waals surface area contributed by atoms with Gasteiger partial charge in [-0.25, -0.2) is 5.48 Å². The molecule has 4 nitrogen and oxygen atoms in total. The van der Waals surface area contributed by atoms with Gasteiger partial charge in [0.05, 0.1) is 0 Å². The van der Waals surface area contributed by atoms with Crippen LogP contribution in [-0.4, -0.2) is 17.2 Å². The van der Waals surface area contributed by atoms with Crippen LogP contribution in [0.2, 0.25) is 0 Å². The highest BCUT2D eigenvalue weighted by molar-refractivity contribution is 5.74. The van der Waals surface area contributed by atoms with E-state index in [1.165, 1.54) is 16.7 Å². The Balaban J connectivity index is 1.93. The fourth-order valence-corrected chi connectivity index (χ4v) is 3.86. The van der Waals surface area contributed by atoms with Gasteiger partial charge >= 0.3 is 0 Å². The Bertz CT molecular complexity index is 685. The van der Waals surface area contributed by atoms with E-state index in [4.69, 9.17) is 10.9 Å². The summed E-state index contributed by atoms with van der Waals surface area (Å²) in [6.07, 6.45) is 3.81. The Morgan fingerprint density at radius 3 is 2.30 bits per heavy atom. The van der Waals surface area contributed by atoms with Crippen LogP contribution < -0.4 is 11.2 Å². The molecule has 27 heavy (non-hydrogen) atoms. The summed E-state index contributed by atoms with van der Waals surface area (Å²) in [4.78, 5) is 11.1. The van der Waals surface area contributed by atoms with Gasteiger partial charge in [-0.05, 0) is 54.2 Å². The molecular formula is C23H32N2O2. The van der Waals surface area contributed by atoms with E-state index in [0.717, 1.165) is 19.3 Å². The third-order valence-corrected chi connectivity index (χ3v) is 5.35. The van der Waals surface area contributed by atoms with E-state index in [2.05, 4.69) is 62.4 Å². The average molecular weight is 369 g/mol. The van der Waals surface area contributed by atoms with Crippen molar-refractivity contribution in [1.82, 2.24) is 5.48 Å². The molecular weight excluding hydrogens is 336 g/mol. The van der Waals surface area contributed by atoms with E-state index in [9.17, 15) is 4.79 Å². The number of benzene rings is 2. The Kier molecular flexibility index (Phi) is 8.49. The van der Waals surface area contributed by atoms with Crippen LogP contribution in [0.15, 0.2) is 54.6 Å². The molecule has 146 valence electrons. The maximum atomic E-state index is 11.1. The molecule has 0 aromatic heterocycles. The first-order valence-electron chi connectivity index (χ1n) is 9.89. The quantitative estimate of drug-likeness (QED) is 0.413. The van der Waals surface area contributed by atoms with Crippen molar-refractivity contribution < 1.29 is 10.0 Å². The first-order valence-corrected chi connectivity index (χ1v) is 9.89. The lowest BCUT2D eigenvalue weighted by Crippen LogP contribution is -2.26. The average Bonchev–Trinajstić information content (AvgIpc) is 2.69. The molecule has 0 aliphatic rings. The fraction of sp³-hybridized carbons (Fsp3) is 0.435. The number of hydroxylamine groups is 1. The van der Waals surface area contributed by atoms with Crippen molar-refractivity contribution in [3.05, 3.63) is 60.2 Å². The highest BCUT2D eigenvalue weighted by Crippen LogP contribution is 2.32. The summed E-state index contributed by atoms with van der Waals surface area (Å²) in [5, 5.41) is 8.54. The molecule has 0 saturated carbocycles. The lowest BCUT2D eigenvalue weighted by Gasteiger charge is -2.26. The molecule has 1 amide bonds. The van der Waals surface area contributed by atoms with Crippen molar-refractivity contribution in [2.45, 2.75) is 57.9 Å². The second kappa shape index (κ2) is 10.9. The van der Waals surface area contributed by atoms with E-state index in [1.54, 1.807) is 5.48 Å². The minimum atomic E-state index is -0.347. The zero-order valence-corrected chi connectivity index (χ0v) is 16.4. The topological polar surface area (TPSA) is 75.4 Å². The molecule has 0 fully saturated rings. The van der Waals surface area contributed by atoms with E-state index < -0.39 is 0 Å². The molecule has 3 atom stereocenters. The van der Waals surface area contributed by atoms with Crippen LogP contribution in [0.4, 0.5) is 0 Å². The Hall–Kier alpha value is -2.17. The summed E-state index contributed by atoms with van der Waals surface area (Å²) in [6.45, 7) is 4.49. The third-order valence-electron chi connectivity index (χ3n) is 5.35. The molecule has 0 heterocycles. The van der Waals surface area contributed by atoms with Crippen LogP contribution in [0.25, 0.3) is 11.1 Å². The molecule has 2 rings (SSSR count). The monoisotopic (exact) mass is 368 g/mol. The summed E-state index contributed by atoms with van der Waals surface area (Å²) >= 11 is 0. The summed E-state index contributed by atoms with van der Waals surface area (Å²) in [7, 11) is 0. The molecule has 0 spiro atoms. The highest BCUT2D eigenvalue weighted by atomic mass is 16.5. The fourth-order valence-electron chi connectivity index (χ4n) is 3.86. The second-order valence-corrected chi connectivity index (χ2v) is 7.40. The number of hydrogen-bond acceptors (Lipinski definition) is 3. The number of nitrogens with two attached hydrogens (primary N) is 1. The van der Waals surface area contributed by atoms with Crippen LogP contribution in [0.3, 0.4) is 0 Å².